The van der Waals surface area contributed by atoms with Gasteiger partial charge in [-0.2, -0.15) is 0 Å². The Kier molecular flexibility index (Phi) is 1.72. The van der Waals surface area contributed by atoms with Crippen molar-refractivity contribution in [3.05, 3.63) is 35.5 Å². The number of rotatable bonds is 0. The molecule has 0 aliphatic carbocycles. The first-order valence-corrected chi connectivity index (χ1v) is 5.41. The van der Waals surface area contributed by atoms with Gasteiger partial charge in [0, 0.05) is 17.5 Å². The summed E-state index contributed by atoms with van der Waals surface area (Å²) < 4.78 is 1.91. The fourth-order valence-corrected chi connectivity index (χ4v) is 2.56. The summed E-state index contributed by atoms with van der Waals surface area (Å²) >= 11 is 0. The molecule has 3 rings (SSSR count). The van der Waals surface area contributed by atoms with E-state index in [4.69, 9.17) is 0 Å². The van der Waals surface area contributed by atoms with Gasteiger partial charge in [0.25, 0.3) is 0 Å². The summed E-state index contributed by atoms with van der Waals surface area (Å²) in [4.78, 5) is 11.9. The molecule has 0 amide bonds. The van der Waals surface area contributed by atoms with Gasteiger partial charge in [-0.25, -0.2) is 0 Å². The summed E-state index contributed by atoms with van der Waals surface area (Å²) in [7, 11) is 0. The summed E-state index contributed by atoms with van der Waals surface area (Å²) in [6.45, 7) is 2.12. The molecular formula is C13H13NO. The molecule has 0 saturated carbocycles. The fraction of sp³-hybridized carbons (Fsp3) is 0.308. The Morgan fingerprint density at radius 3 is 2.87 bits per heavy atom. The molecule has 0 N–H and O–H groups in total. The highest BCUT2D eigenvalue weighted by atomic mass is 16.2. The van der Waals surface area contributed by atoms with Crippen molar-refractivity contribution in [2.24, 2.45) is 0 Å². The van der Waals surface area contributed by atoms with Crippen LogP contribution in [0, 0.1) is 6.92 Å². The van der Waals surface area contributed by atoms with E-state index in [1.54, 1.807) is 0 Å². The van der Waals surface area contributed by atoms with Gasteiger partial charge in [-0.15, -0.1) is 0 Å². The predicted molar refractivity (Wildman–Crippen MR) is 60.2 cm³/mol. The van der Waals surface area contributed by atoms with E-state index in [1.807, 2.05) is 22.8 Å². The van der Waals surface area contributed by atoms with Crippen LogP contribution in [0.5, 0.6) is 0 Å². The monoisotopic (exact) mass is 199 g/mol. The molecule has 1 aliphatic rings. The van der Waals surface area contributed by atoms with E-state index in [0.717, 1.165) is 18.4 Å². The van der Waals surface area contributed by atoms with E-state index in [0.29, 0.717) is 6.42 Å². The SMILES string of the molecule is Cc1c2n(c3ccccc13)C(=O)CCC2. The van der Waals surface area contributed by atoms with Crippen LogP contribution in [0.4, 0.5) is 0 Å². The molecule has 2 heterocycles. The second kappa shape index (κ2) is 2.96. The Labute approximate surface area is 88.5 Å². The van der Waals surface area contributed by atoms with Gasteiger partial charge in [0.05, 0.1) is 5.52 Å². The minimum atomic E-state index is 0.251. The maximum absolute atomic E-state index is 11.9. The van der Waals surface area contributed by atoms with Gasteiger partial charge < -0.3 is 0 Å². The quantitative estimate of drug-likeness (QED) is 0.639. The van der Waals surface area contributed by atoms with Crippen molar-refractivity contribution in [1.29, 1.82) is 0 Å². The zero-order valence-electron chi connectivity index (χ0n) is 8.79. The fourth-order valence-electron chi connectivity index (χ4n) is 2.56. The van der Waals surface area contributed by atoms with Crippen LogP contribution >= 0.6 is 0 Å². The number of aromatic nitrogens is 1. The van der Waals surface area contributed by atoms with Gasteiger partial charge >= 0.3 is 0 Å². The lowest BCUT2D eigenvalue weighted by Crippen LogP contribution is -2.18. The van der Waals surface area contributed by atoms with Crippen LogP contribution in [0.25, 0.3) is 10.9 Å². The summed E-state index contributed by atoms with van der Waals surface area (Å²) in [5, 5.41) is 1.22. The predicted octanol–water partition coefficient (Wildman–Crippen LogP) is 2.93. The molecule has 0 spiro atoms. The maximum atomic E-state index is 11.9. The van der Waals surface area contributed by atoms with E-state index in [1.165, 1.54) is 16.6 Å². The molecule has 2 nitrogen and oxygen atoms in total. The van der Waals surface area contributed by atoms with Crippen LogP contribution in [0.15, 0.2) is 24.3 Å². The average Bonchev–Trinajstić information content (AvgIpc) is 2.55. The molecule has 76 valence electrons. The third-order valence-electron chi connectivity index (χ3n) is 3.31. The van der Waals surface area contributed by atoms with E-state index in [-0.39, 0.29) is 5.91 Å². The average molecular weight is 199 g/mol. The van der Waals surface area contributed by atoms with E-state index in [2.05, 4.69) is 13.0 Å². The number of para-hydroxylation sites is 1. The Hall–Kier alpha value is -1.57. The van der Waals surface area contributed by atoms with Crippen molar-refractivity contribution in [3.63, 3.8) is 0 Å². The molecule has 0 fully saturated rings. The van der Waals surface area contributed by atoms with Gasteiger partial charge in [0.2, 0.25) is 5.91 Å². The van der Waals surface area contributed by atoms with Crippen LogP contribution in [-0.4, -0.2) is 10.5 Å². The first kappa shape index (κ1) is 8.72. The Morgan fingerprint density at radius 1 is 1.20 bits per heavy atom. The zero-order valence-corrected chi connectivity index (χ0v) is 8.79. The number of hydrogen-bond donors (Lipinski definition) is 0. The molecule has 2 heteroatoms. The van der Waals surface area contributed by atoms with Crippen molar-refractivity contribution in [2.45, 2.75) is 26.2 Å². The number of carbonyl (C=O) groups is 1. The van der Waals surface area contributed by atoms with Crippen LogP contribution in [0.3, 0.4) is 0 Å². The standard InChI is InChI=1S/C13H13NO/c1-9-10-5-2-3-6-12(10)14-11(9)7-4-8-13(14)15/h2-3,5-6H,4,7-8H2,1H3. The number of carbonyl (C=O) groups excluding carboxylic acids is 1. The third kappa shape index (κ3) is 1.08. The molecule has 0 atom stereocenters. The first-order chi connectivity index (χ1) is 7.29. The van der Waals surface area contributed by atoms with Gasteiger partial charge in [0.1, 0.15) is 0 Å². The summed E-state index contributed by atoms with van der Waals surface area (Å²) in [6.07, 6.45) is 2.72. The Balaban J connectivity index is 2.46. The molecule has 0 bridgehead atoms. The second-order valence-electron chi connectivity index (χ2n) is 4.17. The third-order valence-corrected chi connectivity index (χ3v) is 3.31. The lowest BCUT2D eigenvalue weighted by molar-refractivity contribution is 0.0889. The number of aryl methyl sites for hydroxylation is 1. The highest BCUT2D eigenvalue weighted by Gasteiger charge is 2.21. The van der Waals surface area contributed by atoms with Crippen LogP contribution in [0.2, 0.25) is 0 Å². The zero-order chi connectivity index (χ0) is 10.4. The van der Waals surface area contributed by atoms with E-state index in [9.17, 15) is 4.79 Å². The number of hydrogen-bond acceptors (Lipinski definition) is 1. The maximum Gasteiger partial charge on any atom is 0.231 e. The largest absolute Gasteiger partial charge is 0.284 e. The Morgan fingerprint density at radius 2 is 2.00 bits per heavy atom. The van der Waals surface area contributed by atoms with E-state index < -0.39 is 0 Å². The summed E-state index contributed by atoms with van der Waals surface area (Å²) in [5.41, 5.74) is 3.57. The van der Waals surface area contributed by atoms with Gasteiger partial charge in [-0.3, -0.25) is 9.36 Å². The molecule has 1 aromatic carbocycles. The molecule has 1 aromatic heterocycles. The molecule has 0 saturated heterocycles. The normalized spacial score (nSPS) is 15.7. The first-order valence-electron chi connectivity index (χ1n) is 5.41. The molecule has 2 aromatic rings. The highest BCUT2D eigenvalue weighted by Crippen LogP contribution is 2.29. The molecule has 15 heavy (non-hydrogen) atoms. The number of fused-ring (bicyclic) bond motifs is 3. The van der Waals surface area contributed by atoms with Crippen molar-refractivity contribution in [2.75, 3.05) is 0 Å². The van der Waals surface area contributed by atoms with Gasteiger partial charge in [0.15, 0.2) is 0 Å². The van der Waals surface area contributed by atoms with Crippen molar-refractivity contribution < 1.29 is 4.79 Å². The lowest BCUT2D eigenvalue weighted by Gasteiger charge is -2.14. The molecule has 0 unspecified atom stereocenters. The second-order valence-corrected chi connectivity index (χ2v) is 4.17. The minimum Gasteiger partial charge on any atom is -0.284 e. The summed E-state index contributed by atoms with van der Waals surface area (Å²) in [5.74, 6) is 0.251. The van der Waals surface area contributed by atoms with Gasteiger partial charge in [-0.1, -0.05) is 18.2 Å². The van der Waals surface area contributed by atoms with Crippen LogP contribution < -0.4 is 0 Å². The summed E-state index contributed by atoms with van der Waals surface area (Å²) in [6, 6.07) is 8.17. The Bertz CT molecular complexity index is 551. The van der Waals surface area contributed by atoms with Crippen LogP contribution in [-0.2, 0) is 6.42 Å². The van der Waals surface area contributed by atoms with Gasteiger partial charge in [-0.05, 0) is 31.4 Å². The minimum absolute atomic E-state index is 0.251. The molecule has 0 radical (unpaired) electrons. The van der Waals surface area contributed by atoms with Crippen LogP contribution in [0.1, 0.15) is 28.9 Å². The molecular weight excluding hydrogens is 186 g/mol. The smallest absolute Gasteiger partial charge is 0.231 e. The number of benzene rings is 1. The van der Waals surface area contributed by atoms with Crippen molar-refractivity contribution in [3.8, 4) is 0 Å². The lowest BCUT2D eigenvalue weighted by atomic mass is 10.1. The van der Waals surface area contributed by atoms with E-state index >= 15 is 0 Å². The molecule has 1 aliphatic heterocycles. The van der Waals surface area contributed by atoms with Crippen molar-refractivity contribution >= 4 is 16.8 Å². The topological polar surface area (TPSA) is 22.0 Å². The van der Waals surface area contributed by atoms with Crippen molar-refractivity contribution in [1.82, 2.24) is 4.57 Å². The number of nitrogens with zero attached hydrogens (tertiary/aromatic N) is 1. The highest BCUT2D eigenvalue weighted by molar-refractivity contribution is 5.96.